The highest BCUT2D eigenvalue weighted by molar-refractivity contribution is 7.99. The summed E-state index contributed by atoms with van der Waals surface area (Å²) >= 11 is 1.23. The lowest BCUT2D eigenvalue weighted by Crippen LogP contribution is -2.30. The summed E-state index contributed by atoms with van der Waals surface area (Å²) in [4.78, 5) is 29.3. The highest BCUT2D eigenvalue weighted by Gasteiger charge is 2.12. The minimum Gasteiger partial charge on any atom is -0.492 e. The maximum atomic E-state index is 12.7. The van der Waals surface area contributed by atoms with Gasteiger partial charge in [-0.05, 0) is 24.3 Å². The maximum absolute atomic E-state index is 12.7. The number of para-hydroxylation sites is 2. The second-order valence-electron chi connectivity index (χ2n) is 5.92. The van der Waals surface area contributed by atoms with Gasteiger partial charge in [0.2, 0.25) is 5.91 Å². The van der Waals surface area contributed by atoms with Crippen LogP contribution in [0.15, 0.2) is 77.2 Å². The molecule has 0 unspecified atom stereocenters. The summed E-state index contributed by atoms with van der Waals surface area (Å²) in [6, 6.07) is 16.6. The first kappa shape index (κ1) is 19.7. The Balaban J connectivity index is 1.58. The molecule has 1 amide bonds. The Morgan fingerprint density at radius 3 is 2.71 bits per heavy atom. The van der Waals surface area contributed by atoms with Gasteiger partial charge in [0, 0.05) is 6.54 Å². The molecule has 0 aliphatic carbocycles. The number of fused-ring (bicyclic) bond motifs is 1. The third-order valence-electron chi connectivity index (χ3n) is 3.91. The standard InChI is InChI=1S/C21H21N3O3S/c1-2-13-24-20(26)17-10-6-7-11-18(17)23-21(24)28-15-19(25)22-12-14-27-16-8-4-3-5-9-16/h2-11H,1,12-15H2,(H,22,25). The highest BCUT2D eigenvalue weighted by Crippen LogP contribution is 2.17. The van der Waals surface area contributed by atoms with Gasteiger partial charge in [-0.25, -0.2) is 4.98 Å². The van der Waals surface area contributed by atoms with Crippen molar-refractivity contribution in [2.45, 2.75) is 11.7 Å². The number of hydrogen-bond donors (Lipinski definition) is 1. The SMILES string of the molecule is C=CCn1c(SCC(=O)NCCOc2ccccc2)nc2ccccc2c1=O. The summed E-state index contributed by atoms with van der Waals surface area (Å²) in [5.41, 5.74) is 0.483. The molecular weight excluding hydrogens is 374 g/mol. The van der Waals surface area contributed by atoms with Crippen molar-refractivity contribution >= 4 is 28.6 Å². The van der Waals surface area contributed by atoms with Gasteiger partial charge in [-0.2, -0.15) is 0 Å². The van der Waals surface area contributed by atoms with Crippen LogP contribution in [0.4, 0.5) is 0 Å². The number of allylic oxidation sites excluding steroid dienone is 1. The highest BCUT2D eigenvalue weighted by atomic mass is 32.2. The van der Waals surface area contributed by atoms with E-state index in [9.17, 15) is 9.59 Å². The van der Waals surface area contributed by atoms with Crippen molar-refractivity contribution < 1.29 is 9.53 Å². The number of amides is 1. The predicted octanol–water partition coefficient (Wildman–Crippen LogP) is 2.87. The number of carbonyl (C=O) groups is 1. The van der Waals surface area contributed by atoms with Crippen LogP contribution in [0.5, 0.6) is 5.75 Å². The Hall–Kier alpha value is -3.06. The van der Waals surface area contributed by atoms with Gasteiger partial charge >= 0.3 is 0 Å². The van der Waals surface area contributed by atoms with Gasteiger partial charge < -0.3 is 10.1 Å². The third kappa shape index (κ3) is 5.01. The number of hydrogen-bond acceptors (Lipinski definition) is 5. The quantitative estimate of drug-likeness (QED) is 0.261. The van der Waals surface area contributed by atoms with Crippen LogP contribution in [0.3, 0.4) is 0 Å². The zero-order valence-electron chi connectivity index (χ0n) is 15.3. The number of ether oxygens (including phenoxy) is 1. The number of carbonyl (C=O) groups excluding carboxylic acids is 1. The summed E-state index contributed by atoms with van der Waals surface area (Å²) in [6.07, 6.45) is 1.64. The summed E-state index contributed by atoms with van der Waals surface area (Å²) < 4.78 is 7.08. The molecule has 0 aliphatic heterocycles. The Morgan fingerprint density at radius 2 is 1.93 bits per heavy atom. The molecular formula is C21H21N3O3S. The lowest BCUT2D eigenvalue weighted by atomic mass is 10.2. The molecule has 0 radical (unpaired) electrons. The molecule has 3 aromatic rings. The van der Waals surface area contributed by atoms with Crippen molar-refractivity contribution in [3.8, 4) is 5.75 Å². The van der Waals surface area contributed by atoms with Crippen LogP contribution >= 0.6 is 11.8 Å². The van der Waals surface area contributed by atoms with Crippen LogP contribution in [0.2, 0.25) is 0 Å². The van der Waals surface area contributed by atoms with Gasteiger partial charge in [0.25, 0.3) is 5.56 Å². The van der Waals surface area contributed by atoms with E-state index < -0.39 is 0 Å². The molecule has 0 aliphatic rings. The largest absolute Gasteiger partial charge is 0.492 e. The molecule has 28 heavy (non-hydrogen) atoms. The van der Waals surface area contributed by atoms with Gasteiger partial charge in [-0.1, -0.05) is 48.2 Å². The molecule has 0 bridgehead atoms. The van der Waals surface area contributed by atoms with E-state index in [1.807, 2.05) is 36.4 Å². The van der Waals surface area contributed by atoms with E-state index in [0.29, 0.717) is 35.8 Å². The average Bonchev–Trinajstić information content (AvgIpc) is 2.73. The van der Waals surface area contributed by atoms with Crippen molar-refractivity contribution in [1.82, 2.24) is 14.9 Å². The molecule has 3 rings (SSSR count). The summed E-state index contributed by atoms with van der Waals surface area (Å²) in [6.45, 7) is 4.82. The molecule has 0 saturated carbocycles. The zero-order chi connectivity index (χ0) is 19.8. The number of thioether (sulfide) groups is 1. The Labute approximate surface area is 167 Å². The van der Waals surface area contributed by atoms with E-state index >= 15 is 0 Å². The monoisotopic (exact) mass is 395 g/mol. The van der Waals surface area contributed by atoms with Crippen LogP contribution in [0, 0.1) is 0 Å². The lowest BCUT2D eigenvalue weighted by Gasteiger charge is -2.11. The Kier molecular flexibility index (Phi) is 6.86. The van der Waals surface area contributed by atoms with Gasteiger partial charge in [0.1, 0.15) is 12.4 Å². The molecule has 1 N–H and O–H groups in total. The molecule has 1 heterocycles. The van der Waals surface area contributed by atoms with E-state index in [1.54, 1.807) is 24.3 Å². The molecule has 2 aromatic carbocycles. The van der Waals surface area contributed by atoms with Crippen LogP contribution in [-0.2, 0) is 11.3 Å². The van der Waals surface area contributed by atoms with Crippen molar-refractivity contribution in [2.75, 3.05) is 18.9 Å². The molecule has 0 spiro atoms. The minimum absolute atomic E-state index is 0.135. The minimum atomic E-state index is -0.144. The number of nitrogens with zero attached hydrogens (tertiary/aromatic N) is 2. The van der Waals surface area contributed by atoms with Crippen LogP contribution in [0.1, 0.15) is 0 Å². The summed E-state index contributed by atoms with van der Waals surface area (Å²) in [7, 11) is 0. The second kappa shape index (κ2) is 9.75. The van der Waals surface area contributed by atoms with Crippen molar-refractivity contribution in [3.63, 3.8) is 0 Å². The smallest absolute Gasteiger partial charge is 0.262 e. The van der Waals surface area contributed by atoms with Gasteiger partial charge in [-0.15, -0.1) is 6.58 Å². The van der Waals surface area contributed by atoms with Gasteiger partial charge in [0.15, 0.2) is 5.16 Å². The first-order valence-electron chi connectivity index (χ1n) is 8.87. The summed E-state index contributed by atoms with van der Waals surface area (Å²) in [5.74, 6) is 0.780. The van der Waals surface area contributed by atoms with E-state index in [0.717, 1.165) is 5.75 Å². The van der Waals surface area contributed by atoms with Crippen LogP contribution < -0.4 is 15.6 Å². The molecule has 144 valence electrons. The van der Waals surface area contributed by atoms with Crippen LogP contribution in [-0.4, -0.2) is 34.4 Å². The molecule has 0 saturated heterocycles. The van der Waals surface area contributed by atoms with Gasteiger partial charge in [0.05, 0.1) is 23.2 Å². The van der Waals surface area contributed by atoms with Crippen molar-refractivity contribution in [3.05, 3.63) is 77.6 Å². The third-order valence-corrected chi connectivity index (χ3v) is 4.88. The number of benzene rings is 2. The van der Waals surface area contributed by atoms with Gasteiger partial charge in [-0.3, -0.25) is 14.2 Å². The lowest BCUT2D eigenvalue weighted by molar-refractivity contribution is -0.118. The zero-order valence-corrected chi connectivity index (χ0v) is 16.2. The van der Waals surface area contributed by atoms with Crippen molar-refractivity contribution in [1.29, 1.82) is 0 Å². The van der Waals surface area contributed by atoms with E-state index in [1.165, 1.54) is 16.3 Å². The Bertz CT molecular complexity index is 1020. The van der Waals surface area contributed by atoms with Crippen LogP contribution in [0.25, 0.3) is 10.9 Å². The summed E-state index contributed by atoms with van der Waals surface area (Å²) in [5, 5.41) is 3.86. The second-order valence-corrected chi connectivity index (χ2v) is 6.86. The first-order chi connectivity index (χ1) is 13.7. The number of rotatable bonds is 9. The predicted molar refractivity (Wildman–Crippen MR) is 112 cm³/mol. The fourth-order valence-corrected chi connectivity index (χ4v) is 3.44. The molecule has 1 aromatic heterocycles. The fraction of sp³-hybridized carbons (Fsp3) is 0.190. The molecule has 0 fully saturated rings. The first-order valence-corrected chi connectivity index (χ1v) is 9.85. The fourth-order valence-electron chi connectivity index (χ4n) is 2.61. The molecule has 7 heteroatoms. The molecule has 0 atom stereocenters. The number of nitrogens with one attached hydrogen (secondary N) is 1. The average molecular weight is 395 g/mol. The van der Waals surface area contributed by atoms with E-state index in [-0.39, 0.29) is 17.2 Å². The maximum Gasteiger partial charge on any atom is 0.262 e. The van der Waals surface area contributed by atoms with Crippen molar-refractivity contribution in [2.24, 2.45) is 0 Å². The number of aromatic nitrogens is 2. The normalized spacial score (nSPS) is 10.6. The molecule has 6 nitrogen and oxygen atoms in total. The van der Waals surface area contributed by atoms with E-state index in [4.69, 9.17) is 4.74 Å². The van der Waals surface area contributed by atoms with E-state index in [2.05, 4.69) is 16.9 Å². The topological polar surface area (TPSA) is 73.2 Å². The Morgan fingerprint density at radius 1 is 1.18 bits per heavy atom.